The van der Waals surface area contributed by atoms with E-state index in [2.05, 4.69) is 121 Å². The Hall–Kier alpha value is -5.67. The average Bonchev–Trinajstić information content (AvgIpc) is 3.07. The Morgan fingerprint density at radius 1 is 0.286 bits per heavy atom. The van der Waals surface area contributed by atoms with Gasteiger partial charge in [0.25, 0.3) is 0 Å². The maximum absolute atomic E-state index is 5.09. The minimum atomic E-state index is 0.652. The molecule has 0 unspecified atom stereocenters. The summed E-state index contributed by atoms with van der Waals surface area (Å²) in [7, 11) is 0. The fraction of sp³-hybridized carbons (Fsp3) is 0. The van der Waals surface area contributed by atoms with Gasteiger partial charge in [-0.15, -0.1) is 0 Å². The Balaban J connectivity index is 1.38. The SMILES string of the molecule is c1ccc(-c2nc(-c3ccc4ccccc4c3)nc(-c3cc(-c4cccc5ccccc45)c4ccccc4c3)n2)cc1. The first kappa shape index (κ1) is 24.2. The fourth-order valence-corrected chi connectivity index (χ4v) is 5.80. The van der Waals surface area contributed by atoms with Crippen molar-refractivity contribution in [1.82, 2.24) is 15.0 Å². The van der Waals surface area contributed by atoms with Gasteiger partial charge in [-0.05, 0) is 61.6 Å². The second-order valence-electron chi connectivity index (χ2n) is 10.5. The van der Waals surface area contributed by atoms with Gasteiger partial charge in [-0.3, -0.25) is 0 Å². The van der Waals surface area contributed by atoms with Crippen LogP contribution in [-0.4, -0.2) is 15.0 Å². The van der Waals surface area contributed by atoms with Crippen molar-refractivity contribution < 1.29 is 0 Å². The van der Waals surface area contributed by atoms with E-state index < -0.39 is 0 Å². The molecule has 0 fully saturated rings. The molecule has 0 aliphatic carbocycles. The highest BCUT2D eigenvalue weighted by molar-refractivity contribution is 6.07. The molecule has 7 aromatic carbocycles. The van der Waals surface area contributed by atoms with Crippen LogP contribution in [0.1, 0.15) is 0 Å². The van der Waals surface area contributed by atoms with E-state index in [0.717, 1.165) is 33.0 Å². The molecule has 196 valence electrons. The number of rotatable bonds is 4. The molecule has 0 amide bonds. The molecule has 1 heterocycles. The van der Waals surface area contributed by atoms with E-state index in [1.165, 1.54) is 27.1 Å². The predicted molar refractivity (Wildman–Crippen MR) is 174 cm³/mol. The monoisotopic (exact) mass is 535 g/mol. The van der Waals surface area contributed by atoms with E-state index in [-0.39, 0.29) is 0 Å². The molecule has 42 heavy (non-hydrogen) atoms. The normalized spacial score (nSPS) is 11.3. The van der Waals surface area contributed by atoms with Crippen LogP contribution in [0.4, 0.5) is 0 Å². The lowest BCUT2D eigenvalue weighted by Gasteiger charge is -2.14. The summed E-state index contributed by atoms with van der Waals surface area (Å²) in [5.41, 5.74) is 5.23. The average molecular weight is 536 g/mol. The number of nitrogens with zero attached hydrogens (tertiary/aromatic N) is 3. The maximum atomic E-state index is 5.09. The molecule has 0 saturated heterocycles. The number of fused-ring (bicyclic) bond motifs is 3. The van der Waals surface area contributed by atoms with Crippen LogP contribution in [0.2, 0.25) is 0 Å². The molecule has 8 aromatic rings. The topological polar surface area (TPSA) is 38.7 Å². The van der Waals surface area contributed by atoms with Crippen LogP contribution >= 0.6 is 0 Å². The van der Waals surface area contributed by atoms with Crippen LogP contribution in [0.25, 0.3) is 77.6 Å². The van der Waals surface area contributed by atoms with Crippen molar-refractivity contribution in [3.63, 3.8) is 0 Å². The third-order valence-electron chi connectivity index (χ3n) is 7.87. The lowest BCUT2D eigenvalue weighted by Crippen LogP contribution is -2.00. The second-order valence-corrected chi connectivity index (χ2v) is 10.5. The zero-order valence-electron chi connectivity index (χ0n) is 22.8. The summed E-state index contributed by atoms with van der Waals surface area (Å²) in [5.74, 6) is 1.97. The van der Waals surface area contributed by atoms with Crippen molar-refractivity contribution >= 4 is 32.3 Å². The van der Waals surface area contributed by atoms with Gasteiger partial charge in [0.15, 0.2) is 17.5 Å². The van der Waals surface area contributed by atoms with E-state index in [0.29, 0.717) is 17.5 Å². The van der Waals surface area contributed by atoms with Crippen LogP contribution < -0.4 is 0 Å². The van der Waals surface area contributed by atoms with Gasteiger partial charge >= 0.3 is 0 Å². The third kappa shape index (κ3) is 4.29. The molecule has 0 atom stereocenters. The van der Waals surface area contributed by atoms with Crippen molar-refractivity contribution in [2.75, 3.05) is 0 Å². The lowest BCUT2D eigenvalue weighted by atomic mass is 9.92. The molecule has 8 rings (SSSR count). The zero-order valence-corrected chi connectivity index (χ0v) is 22.8. The first-order valence-electron chi connectivity index (χ1n) is 14.1. The van der Waals surface area contributed by atoms with E-state index in [4.69, 9.17) is 15.0 Å². The summed E-state index contributed by atoms with van der Waals surface area (Å²) in [6, 6.07) is 52.9. The predicted octanol–water partition coefficient (Wildman–Crippen LogP) is 10.00. The fourth-order valence-electron chi connectivity index (χ4n) is 5.80. The van der Waals surface area contributed by atoms with Gasteiger partial charge in [-0.2, -0.15) is 0 Å². The van der Waals surface area contributed by atoms with Crippen molar-refractivity contribution in [2.24, 2.45) is 0 Å². The first-order chi connectivity index (χ1) is 20.8. The lowest BCUT2D eigenvalue weighted by molar-refractivity contribution is 1.08. The smallest absolute Gasteiger partial charge is 0.164 e. The summed E-state index contributed by atoms with van der Waals surface area (Å²) in [4.78, 5) is 15.1. The van der Waals surface area contributed by atoms with Crippen molar-refractivity contribution in [1.29, 1.82) is 0 Å². The molecule has 0 N–H and O–H groups in total. The maximum Gasteiger partial charge on any atom is 0.164 e. The number of hydrogen-bond acceptors (Lipinski definition) is 3. The molecule has 3 nitrogen and oxygen atoms in total. The molecule has 3 heteroatoms. The van der Waals surface area contributed by atoms with Crippen LogP contribution in [-0.2, 0) is 0 Å². The largest absolute Gasteiger partial charge is 0.208 e. The summed E-state index contributed by atoms with van der Waals surface area (Å²) in [5, 5.41) is 7.13. The highest BCUT2D eigenvalue weighted by atomic mass is 15.0. The molecule has 0 saturated carbocycles. The molecule has 0 aliphatic heterocycles. The first-order valence-corrected chi connectivity index (χ1v) is 14.1. The summed E-state index contributed by atoms with van der Waals surface area (Å²) < 4.78 is 0. The Bertz CT molecular complexity index is 2250. The molecular weight excluding hydrogens is 510 g/mol. The molecule has 0 radical (unpaired) electrons. The third-order valence-corrected chi connectivity index (χ3v) is 7.87. The molecule has 1 aromatic heterocycles. The van der Waals surface area contributed by atoms with Gasteiger partial charge in [0.2, 0.25) is 0 Å². The molecule has 0 spiro atoms. The van der Waals surface area contributed by atoms with Crippen LogP contribution in [0.3, 0.4) is 0 Å². The van der Waals surface area contributed by atoms with Gasteiger partial charge in [0.1, 0.15) is 0 Å². The van der Waals surface area contributed by atoms with Crippen LogP contribution in [0, 0.1) is 0 Å². The molecule has 0 bridgehead atoms. The quantitative estimate of drug-likeness (QED) is 0.225. The Kier molecular flexibility index (Phi) is 5.79. The van der Waals surface area contributed by atoms with E-state index >= 15 is 0 Å². The van der Waals surface area contributed by atoms with Gasteiger partial charge in [0, 0.05) is 16.7 Å². The highest BCUT2D eigenvalue weighted by Gasteiger charge is 2.16. The summed E-state index contributed by atoms with van der Waals surface area (Å²) >= 11 is 0. The Morgan fingerprint density at radius 2 is 0.833 bits per heavy atom. The minimum absolute atomic E-state index is 0.652. The van der Waals surface area contributed by atoms with Crippen LogP contribution in [0.15, 0.2) is 152 Å². The van der Waals surface area contributed by atoms with E-state index in [9.17, 15) is 0 Å². The molecular formula is C39H25N3. The van der Waals surface area contributed by atoms with Crippen LogP contribution in [0.5, 0.6) is 0 Å². The standard InChI is InChI=1S/C39H25N3/c1-2-13-28(14-3-1)37-40-38(31-22-21-26-11-4-5-15-29(26)23-31)42-39(41-37)32-24-30-16-7-9-19-34(30)36(25-32)35-20-10-17-27-12-6-8-18-33(27)35/h1-25H. The van der Waals surface area contributed by atoms with E-state index in [1.54, 1.807) is 0 Å². The summed E-state index contributed by atoms with van der Waals surface area (Å²) in [6.45, 7) is 0. The van der Waals surface area contributed by atoms with Crippen molar-refractivity contribution in [3.8, 4) is 45.3 Å². The Morgan fingerprint density at radius 3 is 1.62 bits per heavy atom. The van der Waals surface area contributed by atoms with Gasteiger partial charge < -0.3 is 0 Å². The van der Waals surface area contributed by atoms with Gasteiger partial charge in [-0.25, -0.2) is 15.0 Å². The second kappa shape index (κ2) is 10.1. The number of hydrogen-bond donors (Lipinski definition) is 0. The molecule has 0 aliphatic rings. The summed E-state index contributed by atoms with van der Waals surface area (Å²) in [6.07, 6.45) is 0. The highest BCUT2D eigenvalue weighted by Crippen LogP contribution is 2.37. The minimum Gasteiger partial charge on any atom is -0.208 e. The Labute approximate surface area is 243 Å². The van der Waals surface area contributed by atoms with Gasteiger partial charge in [-0.1, -0.05) is 133 Å². The number of benzene rings is 7. The zero-order chi connectivity index (χ0) is 27.9. The van der Waals surface area contributed by atoms with Crippen molar-refractivity contribution in [2.45, 2.75) is 0 Å². The number of aromatic nitrogens is 3. The van der Waals surface area contributed by atoms with E-state index in [1.807, 2.05) is 30.3 Å². The van der Waals surface area contributed by atoms with Gasteiger partial charge in [0.05, 0.1) is 0 Å². The van der Waals surface area contributed by atoms with Crippen molar-refractivity contribution in [3.05, 3.63) is 152 Å².